The molecule has 0 unspecified atom stereocenters. The molecule has 1 aliphatic carbocycles. The van der Waals surface area contributed by atoms with Crippen LogP contribution in [0.15, 0.2) is 11.3 Å². The monoisotopic (exact) mass is 463 g/mol. The van der Waals surface area contributed by atoms with Crippen LogP contribution >= 0.6 is 24.0 Å². The Morgan fingerprint density at radius 1 is 1.32 bits per heavy atom. The molecule has 1 saturated carbocycles. The maximum Gasteiger partial charge on any atom is 0.191 e. The summed E-state index contributed by atoms with van der Waals surface area (Å²) in [5.74, 6) is 1.95. The summed E-state index contributed by atoms with van der Waals surface area (Å²) >= 11 is 0. The van der Waals surface area contributed by atoms with E-state index in [0.717, 1.165) is 70.7 Å². The van der Waals surface area contributed by atoms with Gasteiger partial charge in [-0.05, 0) is 12.8 Å². The molecule has 1 aromatic rings. The van der Waals surface area contributed by atoms with E-state index in [-0.39, 0.29) is 24.0 Å². The van der Waals surface area contributed by atoms with Gasteiger partial charge < -0.3 is 19.9 Å². The van der Waals surface area contributed by atoms with Crippen molar-refractivity contribution in [3.05, 3.63) is 12.2 Å². The number of ether oxygens (including phenoxy) is 1. The summed E-state index contributed by atoms with van der Waals surface area (Å²) in [6.45, 7) is 9.29. The third kappa shape index (κ3) is 7.06. The molecular weight excluding hydrogens is 433 g/mol. The summed E-state index contributed by atoms with van der Waals surface area (Å²) in [4.78, 5) is 7.14. The highest BCUT2D eigenvalue weighted by atomic mass is 127. The van der Waals surface area contributed by atoms with Crippen LogP contribution in [0.5, 0.6) is 0 Å². The fraction of sp³-hybridized carbons (Fsp3) is 0.812. The third-order valence-electron chi connectivity index (χ3n) is 4.37. The number of guanidine groups is 1. The van der Waals surface area contributed by atoms with E-state index in [4.69, 9.17) is 9.73 Å². The summed E-state index contributed by atoms with van der Waals surface area (Å²) in [5.41, 5.74) is 0. The number of nitrogens with zero attached hydrogens (tertiary/aromatic N) is 5. The average Bonchev–Trinajstić information content (AvgIpc) is 3.31. The lowest BCUT2D eigenvalue weighted by Crippen LogP contribution is -2.41. The Hall–Kier alpha value is -0.940. The van der Waals surface area contributed by atoms with Crippen molar-refractivity contribution in [3.63, 3.8) is 0 Å². The van der Waals surface area contributed by atoms with Crippen molar-refractivity contribution in [2.24, 2.45) is 4.99 Å². The molecular formula is C16H30IN7O. The van der Waals surface area contributed by atoms with E-state index < -0.39 is 0 Å². The van der Waals surface area contributed by atoms with Gasteiger partial charge in [-0.25, -0.2) is 0 Å². The molecule has 0 radical (unpaired) electrons. The first kappa shape index (κ1) is 20.4. The third-order valence-corrected chi connectivity index (χ3v) is 4.37. The fourth-order valence-electron chi connectivity index (χ4n) is 2.74. The molecule has 1 aromatic heterocycles. The van der Waals surface area contributed by atoms with E-state index in [1.54, 1.807) is 6.33 Å². The Labute approximate surface area is 166 Å². The Morgan fingerprint density at radius 2 is 2.12 bits per heavy atom. The van der Waals surface area contributed by atoms with Crippen LogP contribution in [0.4, 0.5) is 0 Å². The van der Waals surface area contributed by atoms with Crippen LogP contribution < -0.4 is 10.6 Å². The number of hydrogen-bond acceptors (Lipinski definition) is 5. The molecule has 0 spiro atoms. The second kappa shape index (κ2) is 10.9. The van der Waals surface area contributed by atoms with Gasteiger partial charge in [0.05, 0.1) is 19.8 Å². The van der Waals surface area contributed by atoms with Gasteiger partial charge in [0.2, 0.25) is 0 Å². The van der Waals surface area contributed by atoms with Gasteiger partial charge in [-0.15, -0.1) is 34.2 Å². The minimum atomic E-state index is 0. The molecule has 142 valence electrons. The van der Waals surface area contributed by atoms with Crippen LogP contribution in [-0.2, 0) is 17.7 Å². The number of hydrogen-bond donors (Lipinski definition) is 2. The summed E-state index contributed by atoms with van der Waals surface area (Å²) in [5, 5.41) is 15.0. The molecule has 0 aromatic carbocycles. The lowest BCUT2D eigenvalue weighted by molar-refractivity contribution is 0.0394. The van der Waals surface area contributed by atoms with E-state index in [2.05, 4.69) is 37.2 Å². The predicted molar refractivity (Wildman–Crippen MR) is 109 cm³/mol. The summed E-state index contributed by atoms with van der Waals surface area (Å²) in [6, 6.07) is 0.598. The number of nitrogens with one attached hydrogen (secondary N) is 2. The van der Waals surface area contributed by atoms with Crippen molar-refractivity contribution in [1.29, 1.82) is 0 Å². The number of aromatic nitrogens is 3. The fourth-order valence-corrected chi connectivity index (χ4v) is 2.74. The molecule has 0 atom stereocenters. The SMILES string of the molecule is CCc1nncn1CCNC(=NCCN1CCOCC1)NC1CC1.I. The molecule has 2 fully saturated rings. The van der Waals surface area contributed by atoms with Gasteiger partial charge in [-0.2, -0.15) is 0 Å². The highest BCUT2D eigenvalue weighted by molar-refractivity contribution is 14.0. The zero-order valence-electron chi connectivity index (χ0n) is 15.0. The molecule has 1 saturated heterocycles. The van der Waals surface area contributed by atoms with E-state index >= 15 is 0 Å². The lowest BCUT2D eigenvalue weighted by Gasteiger charge is -2.25. The molecule has 25 heavy (non-hydrogen) atoms. The summed E-state index contributed by atoms with van der Waals surface area (Å²) in [6.07, 6.45) is 5.19. The van der Waals surface area contributed by atoms with Crippen molar-refractivity contribution in [1.82, 2.24) is 30.3 Å². The molecule has 3 rings (SSSR count). The zero-order valence-corrected chi connectivity index (χ0v) is 17.3. The smallest absolute Gasteiger partial charge is 0.191 e. The van der Waals surface area contributed by atoms with Gasteiger partial charge in [-0.1, -0.05) is 6.92 Å². The maximum atomic E-state index is 5.38. The van der Waals surface area contributed by atoms with Crippen LogP contribution in [0, 0.1) is 0 Å². The number of aliphatic imine (C=N–C) groups is 1. The van der Waals surface area contributed by atoms with E-state index in [1.165, 1.54) is 12.8 Å². The second-order valence-corrected chi connectivity index (χ2v) is 6.32. The van der Waals surface area contributed by atoms with Gasteiger partial charge >= 0.3 is 0 Å². The highest BCUT2D eigenvalue weighted by Crippen LogP contribution is 2.18. The number of aryl methyl sites for hydroxylation is 1. The zero-order chi connectivity index (χ0) is 16.6. The standard InChI is InChI=1S/C16H29N7O.HI/c1-2-15-21-19-13-23(15)8-6-18-16(20-14-3-4-14)17-5-7-22-9-11-24-12-10-22;/h13-14H,2-12H2,1H3,(H2,17,18,20);1H. The molecule has 2 N–H and O–H groups in total. The van der Waals surface area contributed by atoms with Gasteiger partial charge in [0.15, 0.2) is 5.96 Å². The van der Waals surface area contributed by atoms with Crippen LogP contribution in [0.3, 0.4) is 0 Å². The van der Waals surface area contributed by atoms with E-state index in [0.29, 0.717) is 6.04 Å². The Morgan fingerprint density at radius 3 is 2.84 bits per heavy atom. The van der Waals surface area contributed by atoms with Crippen LogP contribution in [0.25, 0.3) is 0 Å². The van der Waals surface area contributed by atoms with Gasteiger partial charge in [0.25, 0.3) is 0 Å². The molecule has 2 heterocycles. The van der Waals surface area contributed by atoms with E-state index in [1.807, 2.05) is 0 Å². The molecule has 8 nitrogen and oxygen atoms in total. The molecule has 9 heteroatoms. The Kier molecular flexibility index (Phi) is 8.90. The van der Waals surface area contributed by atoms with E-state index in [9.17, 15) is 0 Å². The molecule has 1 aliphatic heterocycles. The first-order valence-corrected chi connectivity index (χ1v) is 9.07. The normalized spacial score (nSPS) is 18.7. The minimum absolute atomic E-state index is 0. The van der Waals surface area contributed by atoms with Crippen molar-refractivity contribution < 1.29 is 4.74 Å². The second-order valence-electron chi connectivity index (χ2n) is 6.32. The highest BCUT2D eigenvalue weighted by Gasteiger charge is 2.22. The number of rotatable bonds is 8. The van der Waals surface area contributed by atoms with Gasteiger partial charge in [0.1, 0.15) is 12.2 Å². The quantitative estimate of drug-likeness (QED) is 0.332. The first-order chi connectivity index (χ1) is 11.8. The largest absolute Gasteiger partial charge is 0.379 e. The van der Waals surface area contributed by atoms with Crippen molar-refractivity contribution in [2.45, 2.75) is 38.8 Å². The summed E-state index contributed by atoms with van der Waals surface area (Å²) in [7, 11) is 0. The Balaban J connectivity index is 0.00000225. The predicted octanol–water partition coefficient (Wildman–Crippen LogP) is 0.488. The first-order valence-electron chi connectivity index (χ1n) is 9.07. The number of halogens is 1. The molecule has 0 bridgehead atoms. The number of morpholine rings is 1. The van der Waals surface area contributed by atoms with Crippen molar-refractivity contribution >= 4 is 29.9 Å². The van der Waals surface area contributed by atoms with Gasteiger partial charge in [0, 0.05) is 45.2 Å². The molecule has 2 aliphatic rings. The maximum absolute atomic E-state index is 5.38. The van der Waals surface area contributed by atoms with Crippen molar-refractivity contribution in [3.8, 4) is 0 Å². The lowest BCUT2D eigenvalue weighted by atomic mass is 10.4. The van der Waals surface area contributed by atoms with Crippen LogP contribution in [0.2, 0.25) is 0 Å². The molecule has 0 amide bonds. The van der Waals surface area contributed by atoms with Crippen LogP contribution in [-0.4, -0.2) is 77.6 Å². The minimum Gasteiger partial charge on any atom is -0.379 e. The van der Waals surface area contributed by atoms with Gasteiger partial charge in [-0.3, -0.25) is 9.89 Å². The topological polar surface area (TPSA) is 79.6 Å². The average molecular weight is 463 g/mol. The van der Waals surface area contributed by atoms with Crippen LogP contribution in [0.1, 0.15) is 25.6 Å². The van der Waals surface area contributed by atoms with Crippen molar-refractivity contribution in [2.75, 3.05) is 45.9 Å². The Bertz CT molecular complexity index is 526. The summed E-state index contributed by atoms with van der Waals surface area (Å²) < 4.78 is 7.47.